The number of aryl methyl sites for hydroxylation is 2. The van der Waals surface area contributed by atoms with Gasteiger partial charge < -0.3 is 10.2 Å². The molecule has 3 heterocycles. The Morgan fingerprint density at radius 3 is 3.00 bits per heavy atom. The van der Waals surface area contributed by atoms with Crippen LogP contribution in [0.15, 0.2) is 6.07 Å². The molecule has 2 aromatic heterocycles. The molecule has 1 N–H and O–H groups in total. The lowest BCUT2D eigenvalue weighted by Crippen LogP contribution is -2.52. The zero-order valence-electron chi connectivity index (χ0n) is 13.3. The Labute approximate surface area is 129 Å². The van der Waals surface area contributed by atoms with Gasteiger partial charge >= 0.3 is 0 Å². The number of nitrogens with one attached hydrogen (secondary N) is 1. The largest absolute Gasteiger partial charge is 0.339 e. The molecule has 0 radical (unpaired) electrons. The van der Waals surface area contributed by atoms with Crippen molar-refractivity contribution < 1.29 is 4.79 Å². The van der Waals surface area contributed by atoms with Crippen LogP contribution in [0.4, 0.5) is 0 Å². The van der Waals surface area contributed by atoms with Crippen molar-refractivity contribution in [3.8, 4) is 0 Å². The van der Waals surface area contributed by atoms with Crippen molar-refractivity contribution in [1.29, 1.82) is 0 Å². The average molecular weight is 302 g/mol. The standard InChI is InChI=1S/C15H22N6O/c1-4-12-9-20(6-5-16-12)14(22)8-13-18-15-17-10(2)7-11(3)21(15)19-13/h7,12,16H,4-6,8-9H2,1-3H3/t12-/m1/s1. The van der Waals surface area contributed by atoms with Crippen molar-refractivity contribution in [3.63, 3.8) is 0 Å². The van der Waals surface area contributed by atoms with E-state index in [2.05, 4.69) is 27.3 Å². The number of carbonyl (C=O) groups excluding carboxylic acids is 1. The minimum Gasteiger partial charge on any atom is -0.339 e. The molecule has 1 aliphatic heterocycles. The Bertz CT molecular complexity index is 695. The lowest BCUT2D eigenvalue weighted by Gasteiger charge is -2.33. The van der Waals surface area contributed by atoms with E-state index in [4.69, 9.17) is 0 Å². The molecule has 22 heavy (non-hydrogen) atoms. The van der Waals surface area contributed by atoms with Crippen LogP contribution in [0.1, 0.15) is 30.6 Å². The highest BCUT2D eigenvalue weighted by molar-refractivity contribution is 5.78. The van der Waals surface area contributed by atoms with Crippen LogP contribution in [-0.2, 0) is 11.2 Å². The van der Waals surface area contributed by atoms with E-state index in [1.807, 2.05) is 24.8 Å². The molecule has 3 rings (SSSR count). The monoisotopic (exact) mass is 302 g/mol. The van der Waals surface area contributed by atoms with Crippen molar-refractivity contribution in [2.24, 2.45) is 0 Å². The zero-order chi connectivity index (χ0) is 15.7. The molecule has 0 unspecified atom stereocenters. The number of nitrogens with zero attached hydrogens (tertiary/aromatic N) is 5. The maximum Gasteiger partial charge on any atom is 0.252 e. The van der Waals surface area contributed by atoms with Crippen molar-refractivity contribution in [2.75, 3.05) is 19.6 Å². The van der Waals surface area contributed by atoms with Crippen molar-refractivity contribution in [1.82, 2.24) is 29.8 Å². The second-order valence-corrected chi connectivity index (χ2v) is 5.85. The Kier molecular flexibility index (Phi) is 4.06. The Hall–Kier alpha value is -2.02. The summed E-state index contributed by atoms with van der Waals surface area (Å²) in [5.41, 5.74) is 1.88. The van der Waals surface area contributed by atoms with Gasteiger partial charge in [-0.2, -0.15) is 4.98 Å². The number of rotatable bonds is 3. The van der Waals surface area contributed by atoms with Crippen LogP contribution in [0.25, 0.3) is 5.78 Å². The summed E-state index contributed by atoms with van der Waals surface area (Å²) in [4.78, 5) is 23.1. The molecule has 1 saturated heterocycles. The van der Waals surface area contributed by atoms with Crippen LogP contribution in [0.3, 0.4) is 0 Å². The van der Waals surface area contributed by atoms with Crippen LogP contribution in [0, 0.1) is 13.8 Å². The van der Waals surface area contributed by atoms with E-state index in [9.17, 15) is 4.79 Å². The van der Waals surface area contributed by atoms with Crippen LogP contribution in [0.2, 0.25) is 0 Å². The molecule has 1 aliphatic rings. The lowest BCUT2D eigenvalue weighted by molar-refractivity contribution is -0.131. The van der Waals surface area contributed by atoms with E-state index in [-0.39, 0.29) is 12.3 Å². The first-order valence-corrected chi connectivity index (χ1v) is 7.78. The Balaban J connectivity index is 1.75. The predicted molar refractivity (Wildman–Crippen MR) is 82.6 cm³/mol. The number of fused-ring (bicyclic) bond motifs is 1. The molecule has 1 fully saturated rings. The quantitative estimate of drug-likeness (QED) is 0.893. The zero-order valence-corrected chi connectivity index (χ0v) is 13.3. The van der Waals surface area contributed by atoms with Crippen LogP contribution in [-0.4, -0.2) is 56.1 Å². The van der Waals surface area contributed by atoms with Crippen LogP contribution in [0.5, 0.6) is 0 Å². The maximum atomic E-state index is 12.4. The third-order valence-corrected chi connectivity index (χ3v) is 4.07. The van der Waals surface area contributed by atoms with Crippen molar-refractivity contribution >= 4 is 11.7 Å². The third kappa shape index (κ3) is 2.94. The Morgan fingerprint density at radius 1 is 1.41 bits per heavy atom. The second kappa shape index (κ2) is 6.00. The van der Waals surface area contributed by atoms with E-state index in [0.29, 0.717) is 17.6 Å². The molecule has 1 amide bonds. The van der Waals surface area contributed by atoms with Crippen LogP contribution >= 0.6 is 0 Å². The van der Waals surface area contributed by atoms with Gasteiger partial charge in [0, 0.05) is 37.1 Å². The van der Waals surface area contributed by atoms with Gasteiger partial charge in [-0.25, -0.2) is 9.50 Å². The minimum absolute atomic E-state index is 0.0882. The minimum atomic E-state index is 0.0882. The molecule has 7 heteroatoms. The summed E-state index contributed by atoms with van der Waals surface area (Å²) < 4.78 is 1.70. The SMILES string of the molecule is CC[C@@H]1CN(C(=O)Cc2nc3nc(C)cc(C)n3n2)CCN1. The van der Waals surface area contributed by atoms with Crippen LogP contribution < -0.4 is 5.32 Å². The normalized spacial score (nSPS) is 18.9. The van der Waals surface area contributed by atoms with Gasteiger partial charge in [-0.15, -0.1) is 5.10 Å². The highest BCUT2D eigenvalue weighted by atomic mass is 16.2. The second-order valence-electron chi connectivity index (χ2n) is 5.85. The molecule has 2 aromatic rings. The van der Waals surface area contributed by atoms with E-state index in [1.54, 1.807) is 4.52 Å². The number of hydrogen-bond acceptors (Lipinski definition) is 5. The summed E-state index contributed by atoms with van der Waals surface area (Å²) in [6, 6.07) is 2.34. The smallest absolute Gasteiger partial charge is 0.252 e. The number of hydrogen-bond donors (Lipinski definition) is 1. The topological polar surface area (TPSA) is 75.4 Å². The number of carbonyl (C=O) groups is 1. The molecule has 0 bridgehead atoms. The molecule has 0 spiro atoms. The molecule has 0 saturated carbocycles. The van der Waals surface area contributed by atoms with Crippen molar-refractivity contribution in [3.05, 3.63) is 23.3 Å². The van der Waals surface area contributed by atoms with E-state index in [0.717, 1.165) is 37.4 Å². The summed E-state index contributed by atoms with van der Waals surface area (Å²) in [6.07, 6.45) is 1.26. The summed E-state index contributed by atoms with van der Waals surface area (Å²) in [5, 5.41) is 7.82. The maximum absolute atomic E-state index is 12.4. The number of aromatic nitrogens is 4. The molecule has 0 aromatic carbocycles. The van der Waals surface area contributed by atoms with Crippen molar-refractivity contribution in [2.45, 2.75) is 39.7 Å². The highest BCUT2D eigenvalue weighted by Crippen LogP contribution is 2.08. The van der Waals surface area contributed by atoms with Gasteiger partial charge in [0.15, 0.2) is 5.82 Å². The van der Waals surface area contributed by atoms with Gasteiger partial charge in [0.25, 0.3) is 5.78 Å². The van der Waals surface area contributed by atoms with E-state index < -0.39 is 0 Å². The van der Waals surface area contributed by atoms with E-state index >= 15 is 0 Å². The Morgan fingerprint density at radius 2 is 2.23 bits per heavy atom. The highest BCUT2D eigenvalue weighted by Gasteiger charge is 2.23. The van der Waals surface area contributed by atoms with Gasteiger partial charge in [0.05, 0.1) is 6.42 Å². The van der Waals surface area contributed by atoms with Gasteiger partial charge in [-0.1, -0.05) is 6.92 Å². The number of amides is 1. The molecular formula is C15H22N6O. The fourth-order valence-electron chi connectivity index (χ4n) is 2.86. The predicted octanol–water partition coefficient (Wildman–Crippen LogP) is 0.494. The molecule has 118 valence electrons. The first-order valence-electron chi connectivity index (χ1n) is 7.78. The third-order valence-electron chi connectivity index (χ3n) is 4.07. The first kappa shape index (κ1) is 14.9. The summed E-state index contributed by atoms with van der Waals surface area (Å²) >= 11 is 0. The molecule has 1 atom stereocenters. The fraction of sp³-hybridized carbons (Fsp3) is 0.600. The lowest BCUT2D eigenvalue weighted by atomic mass is 10.1. The van der Waals surface area contributed by atoms with E-state index in [1.165, 1.54) is 0 Å². The van der Waals surface area contributed by atoms with Gasteiger partial charge in [0.2, 0.25) is 5.91 Å². The number of piperazine rings is 1. The van der Waals surface area contributed by atoms with Gasteiger partial charge in [0.1, 0.15) is 0 Å². The molecule has 0 aliphatic carbocycles. The summed E-state index contributed by atoms with van der Waals surface area (Å²) in [5.74, 6) is 1.19. The fourth-order valence-corrected chi connectivity index (χ4v) is 2.86. The first-order chi connectivity index (χ1) is 10.6. The molecular weight excluding hydrogens is 280 g/mol. The molecule has 7 nitrogen and oxygen atoms in total. The van der Waals surface area contributed by atoms with Gasteiger partial charge in [-0.3, -0.25) is 4.79 Å². The summed E-state index contributed by atoms with van der Waals surface area (Å²) in [7, 11) is 0. The average Bonchev–Trinajstić information content (AvgIpc) is 2.90. The summed E-state index contributed by atoms with van der Waals surface area (Å²) in [6.45, 7) is 8.38. The van der Waals surface area contributed by atoms with Gasteiger partial charge in [-0.05, 0) is 26.3 Å².